The summed E-state index contributed by atoms with van der Waals surface area (Å²) in [5, 5.41) is 6.74. The summed E-state index contributed by atoms with van der Waals surface area (Å²) in [6, 6.07) is 4.27. The lowest BCUT2D eigenvalue weighted by molar-refractivity contribution is 0.0389. The SMILES string of the molecule is CN=C(NCCN1CCOCC1)NCc1ccc(N2CCN(C)CC2)nc1. The van der Waals surface area contributed by atoms with Crippen molar-refractivity contribution in [2.75, 3.05) is 84.6 Å². The summed E-state index contributed by atoms with van der Waals surface area (Å²) >= 11 is 0. The summed E-state index contributed by atoms with van der Waals surface area (Å²) in [5.41, 5.74) is 1.16. The summed E-state index contributed by atoms with van der Waals surface area (Å²) < 4.78 is 5.38. The number of ether oxygens (including phenoxy) is 1. The number of nitrogens with one attached hydrogen (secondary N) is 2. The Morgan fingerprint density at radius 1 is 1.11 bits per heavy atom. The van der Waals surface area contributed by atoms with Crippen LogP contribution in [0.3, 0.4) is 0 Å². The molecular weight excluding hydrogens is 342 g/mol. The van der Waals surface area contributed by atoms with Gasteiger partial charge in [-0.05, 0) is 18.7 Å². The number of aliphatic imine (C=N–C) groups is 1. The van der Waals surface area contributed by atoms with E-state index in [9.17, 15) is 0 Å². The highest BCUT2D eigenvalue weighted by atomic mass is 16.5. The van der Waals surface area contributed by atoms with E-state index in [1.54, 1.807) is 7.05 Å². The van der Waals surface area contributed by atoms with Crippen molar-refractivity contribution in [2.24, 2.45) is 4.99 Å². The molecule has 8 nitrogen and oxygen atoms in total. The smallest absolute Gasteiger partial charge is 0.191 e. The van der Waals surface area contributed by atoms with Gasteiger partial charge in [0.2, 0.25) is 0 Å². The van der Waals surface area contributed by atoms with Gasteiger partial charge in [-0.15, -0.1) is 0 Å². The molecule has 0 unspecified atom stereocenters. The van der Waals surface area contributed by atoms with Gasteiger partial charge < -0.3 is 25.2 Å². The highest BCUT2D eigenvalue weighted by Crippen LogP contribution is 2.13. The van der Waals surface area contributed by atoms with E-state index in [-0.39, 0.29) is 0 Å². The van der Waals surface area contributed by atoms with Gasteiger partial charge in [-0.2, -0.15) is 0 Å². The van der Waals surface area contributed by atoms with Crippen LogP contribution >= 0.6 is 0 Å². The molecule has 3 heterocycles. The largest absolute Gasteiger partial charge is 0.379 e. The molecule has 3 rings (SSSR count). The lowest BCUT2D eigenvalue weighted by Gasteiger charge is -2.33. The molecule has 150 valence electrons. The molecule has 0 radical (unpaired) electrons. The lowest BCUT2D eigenvalue weighted by atomic mass is 10.2. The summed E-state index contributed by atoms with van der Waals surface area (Å²) in [5.74, 6) is 1.89. The minimum absolute atomic E-state index is 0.716. The van der Waals surface area contributed by atoms with Crippen molar-refractivity contribution in [2.45, 2.75) is 6.54 Å². The van der Waals surface area contributed by atoms with Crippen LogP contribution < -0.4 is 15.5 Å². The van der Waals surface area contributed by atoms with E-state index < -0.39 is 0 Å². The maximum atomic E-state index is 5.38. The molecule has 27 heavy (non-hydrogen) atoms. The molecule has 0 amide bonds. The molecule has 2 aliphatic heterocycles. The monoisotopic (exact) mass is 375 g/mol. The highest BCUT2D eigenvalue weighted by Gasteiger charge is 2.15. The van der Waals surface area contributed by atoms with Crippen LogP contribution in [0.25, 0.3) is 0 Å². The molecule has 8 heteroatoms. The van der Waals surface area contributed by atoms with Crippen LogP contribution in [0.4, 0.5) is 5.82 Å². The van der Waals surface area contributed by atoms with Crippen LogP contribution in [-0.4, -0.2) is 100 Å². The average molecular weight is 376 g/mol. The number of piperazine rings is 1. The van der Waals surface area contributed by atoms with E-state index >= 15 is 0 Å². The molecular formula is C19H33N7O. The standard InChI is InChI=1S/C19H33N7O/c1-20-19(21-5-6-25-11-13-27-14-12-25)23-16-17-3-4-18(22-15-17)26-9-7-24(2)8-10-26/h3-4,15H,5-14,16H2,1-2H3,(H2,20,21,23). The van der Waals surface area contributed by atoms with Crippen molar-refractivity contribution in [3.05, 3.63) is 23.9 Å². The molecule has 1 aromatic heterocycles. The third kappa shape index (κ3) is 6.34. The second-order valence-electron chi connectivity index (χ2n) is 7.12. The molecule has 2 saturated heterocycles. The van der Waals surface area contributed by atoms with E-state index in [2.05, 4.69) is 54.5 Å². The van der Waals surface area contributed by atoms with E-state index in [0.29, 0.717) is 6.54 Å². The van der Waals surface area contributed by atoms with E-state index in [1.807, 2.05) is 6.20 Å². The first-order valence-electron chi connectivity index (χ1n) is 9.87. The normalized spacial score (nSPS) is 19.9. The highest BCUT2D eigenvalue weighted by molar-refractivity contribution is 5.79. The Bertz CT molecular complexity index is 578. The van der Waals surface area contributed by atoms with Gasteiger partial charge >= 0.3 is 0 Å². The van der Waals surface area contributed by atoms with Gasteiger partial charge in [0.25, 0.3) is 0 Å². The van der Waals surface area contributed by atoms with E-state index in [0.717, 1.165) is 82.9 Å². The first kappa shape index (κ1) is 19.9. The fraction of sp³-hybridized carbons (Fsp3) is 0.684. The second kappa shape index (κ2) is 10.4. The van der Waals surface area contributed by atoms with Crippen molar-refractivity contribution >= 4 is 11.8 Å². The van der Waals surface area contributed by atoms with Crippen LogP contribution in [0.5, 0.6) is 0 Å². The lowest BCUT2D eigenvalue weighted by Crippen LogP contribution is -2.44. The van der Waals surface area contributed by atoms with Crippen LogP contribution in [-0.2, 0) is 11.3 Å². The van der Waals surface area contributed by atoms with Gasteiger partial charge in [0.15, 0.2) is 5.96 Å². The zero-order valence-electron chi connectivity index (χ0n) is 16.7. The maximum Gasteiger partial charge on any atom is 0.191 e. The Kier molecular flexibility index (Phi) is 7.67. The Hall–Kier alpha value is -1.90. The van der Waals surface area contributed by atoms with Crippen molar-refractivity contribution < 1.29 is 4.74 Å². The topological polar surface area (TPSA) is 68.3 Å². The zero-order chi connectivity index (χ0) is 18.9. The number of anilines is 1. The van der Waals surface area contributed by atoms with Gasteiger partial charge in [-0.3, -0.25) is 9.89 Å². The molecule has 2 aliphatic rings. The Morgan fingerprint density at radius 3 is 2.56 bits per heavy atom. The third-order valence-corrected chi connectivity index (χ3v) is 5.14. The first-order chi connectivity index (χ1) is 13.2. The molecule has 1 aromatic rings. The minimum Gasteiger partial charge on any atom is -0.379 e. The third-order valence-electron chi connectivity index (χ3n) is 5.14. The molecule has 2 fully saturated rings. The molecule has 0 saturated carbocycles. The summed E-state index contributed by atoms with van der Waals surface area (Å²) in [6.45, 7) is 10.6. The van der Waals surface area contributed by atoms with Gasteiger partial charge in [0, 0.05) is 72.1 Å². The van der Waals surface area contributed by atoms with Crippen LogP contribution in [0, 0.1) is 0 Å². The predicted molar refractivity (Wildman–Crippen MR) is 109 cm³/mol. The molecule has 0 aliphatic carbocycles. The average Bonchev–Trinajstić information content (AvgIpc) is 2.72. The van der Waals surface area contributed by atoms with E-state index in [1.165, 1.54) is 0 Å². The molecule has 2 N–H and O–H groups in total. The van der Waals surface area contributed by atoms with Crippen molar-refractivity contribution in [1.82, 2.24) is 25.4 Å². The van der Waals surface area contributed by atoms with E-state index in [4.69, 9.17) is 4.74 Å². The number of hydrogen-bond acceptors (Lipinski definition) is 6. The predicted octanol–water partition coefficient (Wildman–Crippen LogP) is -0.169. The van der Waals surface area contributed by atoms with Gasteiger partial charge in [-0.1, -0.05) is 6.07 Å². The fourth-order valence-electron chi connectivity index (χ4n) is 3.31. The Morgan fingerprint density at radius 2 is 1.89 bits per heavy atom. The molecule has 0 spiro atoms. The Balaban J connectivity index is 1.38. The van der Waals surface area contributed by atoms with Crippen LogP contribution in [0.1, 0.15) is 5.56 Å². The number of aromatic nitrogens is 1. The quantitative estimate of drug-likeness (QED) is 0.529. The number of pyridine rings is 1. The number of guanidine groups is 1. The summed E-state index contributed by atoms with van der Waals surface area (Å²) in [6.07, 6.45) is 1.96. The van der Waals surface area contributed by atoms with Crippen molar-refractivity contribution in [1.29, 1.82) is 0 Å². The van der Waals surface area contributed by atoms with Crippen LogP contribution in [0.15, 0.2) is 23.3 Å². The van der Waals surface area contributed by atoms with Gasteiger partial charge in [-0.25, -0.2) is 4.98 Å². The fourth-order valence-corrected chi connectivity index (χ4v) is 3.31. The molecule has 0 atom stereocenters. The van der Waals surface area contributed by atoms with Crippen molar-refractivity contribution in [3.63, 3.8) is 0 Å². The number of likely N-dealkylation sites (N-methyl/N-ethyl adjacent to an activating group) is 1. The summed E-state index contributed by atoms with van der Waals surface area (Å²) in [4.78, 5) is 16.1. The van der Waals surface area contributed by atoms with Crippen molar-refractivity contribution in [3.8, 4) is 0 Å². The zero-order valence-corrected chi connectivity index (χ0v) is 16.7. The summed E-state index contributed by atoms with van der Waals surface area (Å²) in [7, 11) is 3.97. The first-order valence-corrected chi connectivity index (χ1v) is 9.87. The van der Waals surface area contributed by atoms with Crippen LogP contribution in [0.2, 0.25) is 0 Å². The minimum atomic E-state index is 0.716. The number of morpholine rings is 1. The number of rotatable bonds is 6. The second-order valence-corrected chi connectivity index (χ2v) is 7.12. The maximum absolute atomic E-state index is 5.38. The van der Waals surface area contributed by atoms with Gasteiger partial charge in [0.1, 0.15) is 5.82 Å². The number of nitrogens with zero attached hydrogens (tertiary/aromatic N) is 5. The van der Waals surface area contributed by atoms with Gasteiger partial charge in [0.05, 0.1) is 13.2 Å². The molecule has 0 bridgehead atoms. The molecule has 0 aromatic carbocycles. The Labute approximate surface area is 162 Å². The number of hydrogen-bond donors (Lipinski definition) is 2.